The summed E-state index contributed by atoms with van der Waals surface area (Å²) in [5.74, 6) is 0.608. The lowest BCUT2D eigenvalue weighted by Crippen LogP contribution is -2.24. The SMILES string of the molecule is Cc1c(-c2cc(-c3ccc(OC(C)C)c(C#N)c3)n[nH]2)ccc2c1CCNC2. The third-order valence-corrected chi connectivity index (χ3v) is 5.19. The molecule has 0 radical (unpaired) electrons. The van der Waals surface area contributed by atoms with Crippen LogP contribution in [0.3, 0.4) is 0 Å². The molecule has 0 aliphatic carbocycles. The highest BCUT2D eigenvalue weighted by atomic mass is 16.5. The molecule has 0 amide bonds. The van der Waals surface area contributed by atoms with Gasteiger partial charge in [-0.05, 0) is 74.7 Å². The number of hydrogen-bond donors (Lipinski definition) is 2. The van der Waals surface area contributed by atoms with Gasteiger partial charge in [-0.2, -0.15) is 10.4 Å². The van der Waals surface area contributed by atoms with Crippen LogP contribution in [0.1, 0.15) is 36.1 Å². The van der Waals surface area contributed by atoms with Crippen molar-refractivity contribution in [1.82, 2.24) is 15.5 Å². The third-order valence-electron chi connectivity index (χ3n) is 5.19. The molecule has 2 heterocycles. The van der Waals surface area contributed by atoms with Crippen molar-refractivity contribution in [2.24, 2.45) is 0 Å². The van der Waals surface area contributed by atoms with Gasteiger partial charge in [-0.1, -0.05) is 12.1 Å². The van der Waals surface area contributed by atoms with Gasteiger partial charge < -0.3 is 10.1 Å². The summed E-state index contributed by atoms with van der Waals surface area (Å²) in [6.45, 7) is 8.05. The second kappa shape index (κ2) is 7.49. The zero-order chi connectivity index (χ0) is 19.7. The summed E-state index contributed by atoms with van der Waals surface area (Å²) in [6.07, 6.45) is 1.08. The first-order chi connectivity index (χ1) is 13.6. The summed E-state index contributed by atoms with van der Waals surface area (Å²) in [6, 6.07) is 14.3. The Hall–Kier alpha value is -3.10. The van der Waals surface area contributed by atoms with Crippen molar-refractivity contribution in [2.45, 2.75) is 39.8 Å². The lowest BCUT2D eigenvalue weighted by molar-refractivity contribution is 0.242. The van der Waals surface area contributed by atoms with Crippen molar-refractivity contribution in [3.05, 3.63) is 58.7 Å². The predicted octanol–water partition coefficient (Wildman–Crippen LogP) is 4.36. The van der Waals surface area contributed by atoms with E-state index in [9.17, 15) is 5.26 Å². The first kappa shape index (κ1) is 18.3. The standard InChI is InChI=1S/C23H24N4O/c1-14(2)28-23-7-5-16(10-18(23)12-24)21-11-22(27-26-21)20-6-4-17-13-25-9-8-19(17)15(20)3/h4-7,10-11,14,25H,8-9,13H2,1-3H3,(H,26,27). The molecule has 0 atom stereocenters. The maximum atomic E-state index is 9.47. The van der Waals surface area contributed by atoms with Crippen molar-refractivity contribution < 1.29 is 4.74 Å². The Morgan fingerprint density at radius 3 is 2.82 bits per heavy atom. The van der Waals surface area contributed by atoms with E-state index in [-0.39, 0.29) is 6.10 Å². The average molecular weight is 372 g/mol. The maximum Gasteiger partial charge on any atom is 0.137 e. The quantitative estimate of drug-likeness (QED) is 0.714. The van der Waals surface area contributed by atoms with E-state index in [1.807, 2.05) is 32.0 Å². The van der Waals surface area contributed by atoms with Crippen LogP contribution in [0.4, 0.5) is 0 Å². The Labute approximate surface area is 165 Å². The average Bonchev–Trinajstić information content (AvgIpc) is 3.18. The Morgan fingerprint density at radius 1 is 1.18 bits per heavy atom. The van der Waals surface area contributed by atoms with Crippen molar-refractivity contribution in [3.63, 3.8) is 0 Å². The number of H-pyrrole nitrogens is 1. The van der Waals surface area contributed by atoms with Crippen LogP contribution in [0, 0.1) is 18.3 Å². The number of nitriles is 1. The number of aromatic amines is 1. The Bertz CT molecular complexity index is 1060. The second-order valence-electron chi connectivity index (χ2n) is 7.46. The van der Waals surface area contributed by atoms with Crippen molar-refractivity contribution in [1.29, 1.82) is 5.26 Å². The van der Waals surface area contributed by atoms with Gasteiger partial charge in [0.05, 0.1) is 23.1 Å². The fraction of sp³-hybridized carbons (Fsp3) is 0.304. The van der Waals surface area contributed by atoms with Crippen LogP contribution < -0.4 is 10.1 Å². The molecule has 2 N–H and O–H groups in total. The monoisotopic (exact) mass is 372 g/mol. The van der Waals surface area contributed by atoms with Crippen LogP contribution in [-0.2, 0) is 13.0 Å². The molecule has 0 unspecified atom stereocenters. The molecule has 0 fully saturated rings. The van der Waals surface area contributed by atoms with Gasteiger partial charge in [0.1, 0.15) is 11.8 Å². The van der Waals surface area contributed by atoms with Gasteiger partial charge in [-0.25, -0.2) is 0 Å². The molecule has 0 bridgehead atoms. The molecule has 0 saturated carbocycles. The number of aromatic nitrogens is 2. The van der Waals surface area contributed by atoms with E-state index in [1.54, 1.807) is 0 Å². The van der Waals surface area contributed by atoms with Crippen molar-refractivity contribution >= 4 is 0 Å². The zero-order valence-corrected chi connectivity index (χ0v) is 16.5. The summed E-state index contributed by atoms with van der Waals surface area (Å²) in [4.78, 5) is 0. The molecule has 4 rings (SSSR count). The first-order valence-corrected chi connectivity index (χ1v) is 9.66. The fourth-order valence-corrected chi connectivity index (χ4v) is 3.80. The molecule has 142 valence electrons. The largest absolute Gasteiger partial charge is 0.490 e. The number of benzene rings is 2. The van der Waals surface area contributed by atoms with Crippen LogP contribution in [0.2, 0.25) is 0 Å². The van der Waals surface area contributed by atoms with E-state index in [4.69, 9.17) is 4.74 Å². The second-order valence-corrected chi connectivity index (χ2v) is 7.46. The summed E-state index contributed by atoms with van der Waals surface area (Å²) < 4.78 is 5.71. The number of ether oxygens (including phenoxy) is 1. The Balaban J connectivity index is 1.68. The summed E-state index contributed by atoms with van der Waals surface area (Å²) in [7, 11) is 0. The van der Waals surface area contributed by atoms with Gasteiger partial charge in [0.2, 0.25) is 0 Å². The van der Waals surface area contributed by atoms with E-state index >= 15 is 0 Å². The molecule has 3 aromatic rings. The van der Waals surface area contributed by atoms with E-state index in [0.29, 0.717) is 11.3 Å². The van der Waals surface area contributed by atoms with E-state index in [1.165, 1.54) is 22.3 Å². The molecule has 0 saturated heterocycles. The molecule has 28 heavy (non-hydrogen) atoms. The number of rotatable bonds is 4. The summed E-state index contributed by atoms with van der Waals surface area (Å²) in [5.41, 5.74) is 8.55. The third kappa shape index (κ3) is 3.39. The number of nitrogens with zero attached hydrogens (tertiary/aromatic N) is 2. The molecule has 1 aliphatic heterocycles. The van der Waals surface area contributed by atoms with Gasteiger partial charge in [-0.3, -0.25) is 5.10 Å². The van der Waals surface area contributed by atoms with E-state index in [2.05, 4.69) is 46.7 Å². The van der Waals surface area contributed by atoms with Crippen molar-refractivity contribution in [3.8, 4) is 34.3 Å². The minimum Gasteiger partial charge on any atom is -0.490 e. The van der Waals surface area contributed by atoms with Gasteiger partial charge in [0, 0.05) is 17.7 Å². The normalized spacial score (nSPS) is 13.2. The van der Waals surface area contributed by atoms with Crippen LogP contribution >= 0.6 is 0 Å². The number of hydrogen-bond acceptors (Lipinski definition) is 4. The molecular weight excluding hydrogens is 348 g/mol. The molecular formula is C23H24N4O. The predicted molar refractivity (Wildman–Crippen MR) is 110 cm³/mol. The van der Waals surface area contributed by atoms with Crippen molar-refractivity contribution in [2.75, 3.05) is 6.54 Å². The van der Waals surface area contributed by atoms with Crippen LogP contribution in [0.15, 0.2) is 36.4 Å². The lowest BCUT2D eigenvalue weighted by Gasteiger charge is -2.20. The number of fused-ring (bicyclic) bond motifs is 1. The van der Waals surface area contributed by atoms with E-state index < -0.39 is 0 Å². The fourth-order valence-electron chi connectivity index (χ4n) is 3.80. The number of nitrogens with one attached hydrogen (secondary N) is 2. The molecule has 1 aliphatic rings. The van der Waals surface area contributed by atoms with E-state index in [0.717, 1.165) is 36.5 Å². The highest BCUT2D eigenvalue weighted by molar-refractivity contribution is 5.73. The smallest absolute Gasteiger partial charge is 0.137 e. The van der Waals surface area contributed by atoms with Gasteiger partial charge in [0.25, 0.3) is 0 Å². The molecule has 5 nitrogen and oxygen atoms in total. The lowest BCUT2D eigenvalue weighted by atomic mass is 9.91. The maximum absolute atomic E-state index is 9.47. The molecule has 0 spiro atoms. The molecule has 1 aromatic heterocycles. The van der Waals surface area contributed by atoms with Crippen LogP contribution in [0.25, 0.3) is 22.5 Å². The van der Waals surface area contributed by atoms with Crippen LogP contribution in [-0.4, -0.2) is 22.8 Å². The van der Waals surface area contributed by atoms with Gasteiger partial charge >= 0.3 is 0 Å². The van der Waals surface area contributed by atoms with Gasteiger partial charge in [0.15, 0.2) is 0 Å². The molecule has 5 heteroatoms. The highest BCUT2D eigenvalue weighted by Gasteiger charge is 2.16. The minimum absolute atomic E-state index is 0.0251. The first-order valence-electron chi connectivity index (χ1n) is 9.66. The van der Waals surface area contributed by atoms with Gasteiger partial charge in [-0.15, -0.1) is 0 Å². The Morgan fingerprint density at radius 2 is 2.04 bits per heavy atom. The Kier molecular flexibility index (Phi) is 4.89. The zero-order valence-electron chi connectivity index (χ0n) is 16.5. The van der Waals surface area contributed by atoms with Crippen LogP contribution in [0.5, 0.6) is 5.75 Å². The molecule has 2 aromatic carbocycles. The highest BCUT2D eigenvalue weighted by Crippen LogP contribution is 2.32. The minimum atomic E-state index is 0.0251. The summed E-state index contributed by atoms with van der Waals surface area (Å²) in [5, 5.41) is 20.6. The topological polar surface area (TPSA) is 73.7 Å². The summed E-state index contributed by atoms with van der Waals surface area (Å²) >= 11 is 0.